The van der Waals surface area contributed by atoms with Crippen LogP contribution in [-0.4, -0.2) is 19.0 Å². The first kappa shape index (κ1) is 10.5. The van der Waals surface area contributed by atoms with Gasteiger partial charge in [0, 0.05) is 6.42 Å². The lowest BCUT2D eigenvalue weighted by molar-refractivity contribution is -0.118. The molecule has 13 heavy (non-hydrogen) atoms. The van der Waals surface area contributed by atoms with Crippen molar-refractivity contribution in [2.45, 2.75) is 32.6 Å². The van der Waals surface area contributed by atoms with E-state index in [1.165, 1.54) is 12.8 Å². The zero-order chi connectivity index (χ0) is 9.68. The summed E-state index contributed by atoms with van der Waals surface area (Å²) in [6.07, 6.45) is 4.00. The van der Waals surface area contributed by atoms with E-state index in [2.05, 4.69) is 12.2 Å². The van der Waals surface area contributed by atoms with Gasteiger partial charge in [0.2, 0.25) is 5.91 Å². The molecule has 0 radical (unpaired) electrons. The highest BCUT2D eigenvalue weighted by atomic mass is 16.1. The number of carbonyl (C=O) groups excluding carboxylic acids is 1. The van der Waals surface area contributed by atoms with Crippen molar-refractivity contribution in [2.24, 2.45) is 17.6 Å². The largest absolute Gasteiger partial charge is 0.370 e. The van der Waals surface area contributed by atoms with Crippen LogP contribution in [0.1, 0.15) is 32.6 Å². The van der Waals surface area contributed by atoms with Crippen LogP contribution in [0.5, 0.6) is 0 Å². The van der Waals surface area contributed by atoms with Gasteiger partial charge in [0.1, 0.15) is 0 Å². The van der Waals surface area contributed by atoms with Gasteiger partial charge in [-0.1, -0.05) is 6.92 Å². The molecule has 1 amide bonds. The van der Waals surface area contributed by atoms with Crippen LogP contribution in [0, 0.1) is 11.8 Å². The van der Waals surface area contributed by atoms with Crippen molar-refractivity contribution in [3.05, 3.63) is 0 Å². The second kappa shape index (κ2) is 5.22. The van der Waals surface area contributed by atoms with Crippen LogP contribution >= 0.6 is 0 Å². The first-order valence-electron chi connectivity index (χ1n) is 5.19. The molecule has 76 valence electrons. The van der Waals surface area contributed by atoms with Gasteiger partial charge in [0.05, 0.1) is 0 Å². The molecule has 0 spiro atoms. The van der Waals surface area contributed by atoms with Crippen molar-refractivity contribution in [3.63, 3.8) is 0 Å². The monoisotopic (exact) mass is 184 g/mol. The van der Waals surface area contributed by atoms with Crippen molar-refractivity contribution in [3.8, 4) is 0 Å². The van der Waals surface area contributed by atoms with E-state index >= 15 is 0 Å². The number of rotatable bonds is 4. The molecule has 3 nitrogen and oxygen atoms in total. The van der Waals surface area contributed by atoms with Crippen LogP contribution < -0.4 is 11.1 Å². The van der Waals surface area contributed by atoms with E-state index in [0.717, 1.165) is 25.4 Å². The minimum Gasteiger partial charge on any atom is -0.370 e. The van der Waals surface area contributed by atoms with E-state index in [0.29, 0.717) is 12.3 Å². The first-order chi connectivity index (χ1) is 6.20. The number of hydrogen-bond acceptors (Lipinski definition) is 2. The zero-order valence-electron chi connectivity index (χ0n) is 8.38. The SMILES string of the molecule is CC(CCC(N)=O)C1CCNCC1. The van der Waals surface area contributed by atoms with E-state index in [1.807, 2.05) is 0 Å². The normalized spacial score (nSPS) is 21.3. The van der Waals surface area contributed by atoms with E-state index in [9.17, 15) is 4.79 Å². The molecule has 1 aliphatic heterocycles. The smallest absolute Gasteiger partial charge is 0.217 e. The number of hydrogen-bond donors (Lipinski definition) is 2. The topological polar surface area (TPSA) is 55.1 Å². The lowest BCUT2D eigenvalue weighted by Gasteiger charge is -2.27. The highest BCUT2D eigenvalue weighted by Crippen LogP contribution is 2.24. The summed E-state index contributed by atoms with van der Waals surface area (Å²) in [5, 5.41) is 3.34. The Morgan fingerprint density at radius 1 is 1.54 bits per heavy atom. The van der Waals surface area contributed by atoms with Gasteiger partial charge in [-0.3, -0.25) is 4.79 Å². The Bertz CT molecular complexity index is 164. The predicted octanol–water partition coefficient (Wildman–Crippen LogP) is 0.888. The fourth-order valence-corrected chi connectivity index (χ4v) is 2.02. The maximum atomic E-state index is 10.6. The molecule has 1 unspecified atom stereocenters. The molecule has 1 rings (SSSR count). The Balaban J connectivity index is 2.20. The van der Waals surface area contributed by atoms with Gasteiger partial charge in [-0.25, -0.2) is 0 Å². The lowest BCUT2D eigenvalue weighted by atomic mass is 9.83. The molecule has 0 aromatic carbocycles. The quantitative estimate of drug-likeness (QED) is 0.681. The minimum absolute atomic E-state index is 0.166. The lowest BCUT2D eigenvalue weighted by Crippen LogP contribution is -2.31. The van der Waals surface area contributed by atoms with Crippen LogP contribution in [0.25, 0.3) is 0 Å². The summed E-state index contributed by atoms with van der Waals surface area (Å²) in [4.78, 5) is 10.6. The number of piperidine rings is 1. The van der Waals surface area contributed by atoms with Crippen LogP contribution in [0.3, 0.4) is 0 Å². The number of primary amides is 1. The standard InChI is InChI=1S/C10H20N2O/c1-8(2-3-10(11)13)9-4-6-12-7-5-9/h8-9,12H,2-7H2,1H3,(H2,11,13). The first-order valence-corrected chi connectivity index (χ1v) is 5.19. The molecule has 0 aromatic rings. The number of carbonyl (C=O) groups is 1. The van der Waals surface area contributed by atoms with E-state index < -0.39 is 0 Å². The van der Waals surface area contributed by atoms with Crippen LogP contribution in [-0.2, 0) is 4.79 Å². The highest BCUT2D eigenvalue weighted by Gasteiger charge is 2.19. The molecular weight excluding hydrogens is 164 g/mol. The Kier molecular flexibility index (Phi) is 4.22. The molecule has 1 heterocycles. The van der Waals surface area contributed by atoms with Gasteiger partial charge in [-0.2, -0.15) is 0 Å². The van der Waals surface area contributed by atoms with Gasteiger partial charge in [0.15, 0.2) is 0 Å². The Hall–Kier alpha value is -0.570. The summed E-state index contributed by atoms with van der Waals surface area (Å²) in [5.41, 5.74) is 5.12. The molecule has 3 N–H and O–H groups in total. The Morgan fingerprint density at radius 3 is 2.69 bits per heavy atom. The molecule has 1 aliphatic rings. The number of nitrogens with two attached hydrogens (primary N) is 1. The maximum absolute atomic E-state index is 10.6. The fourth-order valence-electron chi connectivity index (χ4n) is 2.02. The van der Waals surface area contributed by atoms with Crippen molar-refractivity contribution >= 4 is 5.91 Å². The molecular formula is C10H20N2O. The van der Waals surface area contributed by atoms with Gasteiger partial charge < -0.3 is 11.1 Å². The van der Waals surface area contributed by atoms with E-state index in [4.69, 9.17) is 5.73 Å². The summed E-state index contributed by atoms with van der Waals surface area (Å²) < 4.78 is 0. The second-order valence-electron chi connectivity index (χ2n) is 4.07. The molecule has 1 fully saturated rings. The molecule has 1 saturated heterocycles. The Morgan fingerprint density at radius 2 is 2.15 bits per heavy atom. The third-order valence-corrected chi connectivity index (χ3v) is 3.03. The minimum atomic E-state index is -0.166. The van der Waals surface area contributed by atoms with Gasteiger partial charge >= 0.3 is 0 Å². The average molecular weight is 184 g/mol. The summed E-state index contributed by atoms with van der Waals surface area (Å²) >= 11 is 0. The third kappa shape index (κ3) is 3.77. The van der Waals surface area contributed by atoms with Gasteiger partial charge in [-0.15, -0.1) is 0 Å². The average Bonchev–Trinajstić information content (AvgIpc) is 2.15. The van der Waals surface area contributed by atoms with Crippen LogP contribution in [0.2, 0.25) is 0 Å². The molecule has 0 bridgehead atoms. The summed E-state index contributed by atoms with van der Waals surface area (Å²) in [6, 6.07) is 0. The Labute approximate surface area is 80.1 Å². The van der Waals surface area contributed by atoms with Crippen LogP contribution in [0.15, 0.2) is 0 Å². The summed E-state index contributed by atoms with van der Waals surface area (Å²) in [7, 11) is 0. The van der Waals surface area contributed by atoms with Crippen molar-refractivity contribution in [2.75, 3.05) is 13.1 Å². The molecule has 3 heteroatoms. The van der Waals surface area contributed by atoms with Gasteiger partial charge in [0.25, 0.3) is 0 Å². The zero-order valence-corrected chi connectivity index (χ0v) is 8.38. The predicted molar refractivity (Wildman–Crippen MR) is 53.2 cm³/mol. The summed E-state index contributed by atoms with van der Waals surface area (Å²) in [5.74, 6) is 1.27. The van der Waals surface area contributed by atoms with Crippen molar-refractivity contribution < 1.29 is 4.79 Å². The molecule has 0 aromatic heterocycles. The van der Waals surface area contributed by atoms with Gasteiger partial charge in [-0.05, 0) is 44.2 Å². The molecule has 0 aliphatic carbocycles. The third-order valence-electron chi connectivity index (χ3n) is 3.03. The van der Waals surface area contributed by atoms with Crippen molar-refractivity contribution in [1.29, 1.82) is 0 Å². The fraction of sp³-hybridized carbons (Fsp3) is 0.900. The molecule has 0 saturated carbocycles. The molecule has 1 atom stereocenters. The number of nitrogens with one attached hydrogen (secondary N) is 1. The number of amides is 1. The second-order valence-corrected chi connectivity index (χ2v) is 4.07. The maximum Gasteiger partial charge on any atom is 0.217 e. The van der Waals surface area contributed by atoms with E-state index in [1.54, 1.807) is 0 Å². The van der Waals surface area contributed by atoms with E-state index in [-0.39, 0.29) is 5.91 Å². The summed E-state index contributed by atoms with van der Waals surface area (Å²) in [6.45, 7) is 4.50. The van der Waals surface area contributed by atoms with Crippen LogP contribution in [0.4, 0.5) is 0 Å². The highest BCUT2D eigenvalue weighted by molar-refractivity contribution is 5.73. The van der Waals surface area contributed by atoms with Crippen molar-refractivity contribution in [1.82, 2.24) is 5.32 Å².